The minimum Gasteiger partial charge on any atom is -0.311 e. The summed E-state index contributed by atoms with van der Waals surface area (Å²) in [5.41, 5.74) is 29.9. The van der Waals surface area contributed by atoms with Crippen molar-refractivity contribution in [2.45, 2.75) is 90.9 Å². The molecule has 2 heterocycles. The third-order valence-corrected chi connectivity index (χ3v) is 16.8. The second-order valence-corrected chi connectivity index (χ2v) is 23.8. The van der Waals surface area contributed by atoms with Gasteiger partial charge in [0.1, 0.15) is 0 Å². The number of nitrogens with zero attached hydrogens (tertiary/aromatic N) is 2. The van der Waals surface area contributed by atoms with Crippen LogP contribution in [0.3, 0.4) is 0 Å². The number of hydrogen-bond acceptors (Lipinski definition) is 2. The Labute approximate surface area is 421 Å². The molecule has 0 saturated heterocycles. The van der Waals surface area contributed by atoms with Crippen LogP contribution in [0.15, 0.2) is 188 Å². The Hall–Kier alpha value is -7.36. The monoisotopic (exact) mass is 916 g/mol. The van der Waals surface area contributed by atoms with E-state index in [1.54, 1.807) is 0 Å². The summed E-state index contributed by atoms with van der Waals surface area (Å²) in [5.74, 6) is 0. The van der Waals surface area contributed by atoms with Crippen LogP contribution < -0.4 is 26.2 Å². The molecule has 9 aromatic rings. The van der Waals surface area contributed by atoms with E-state index in [4.69, 9.17) is 0 Å². The molecule has 0 amide bonds. The van der Waals surface area contributed by atoms with Crippen molar-refractivity contribution in [3.63, 3.8) is 0 Å². The van der Waals surface area contributed by atoms with Gasteiger partial charge in [-0.25, -0.2) is 0 Å². The molecule has 0 aromatic heterocycles. The Morgan fingerprint density at radius 1 is 0.352 bits per heavy atom. The first kappa shape index (κ1) is 43.6. The van der Waals surface area contributed by atoms with Crippen LogP contribution in [0.2, 0.25) is 0 Å². The van der Waals surface area contributed by atoms with Crippen LogP contribution in [0.5, 0.6) is 0 Å². The summed E-state index contributed by atoms with van der Waals surface area (Å²) < 4.78 is 0. The van der Waals surface area contributed by atoms with Gasteiger partial charge in [0.25, 0.3) is 6.71 Å². The quantitative estimate of drug-likeness (QED) is 0.162. The van der Waals surface area contributed by atoms with Crippen LogP contribution in [0.1, 0.15) is 103 Å². The Bertz CT molecular complexity index is 3430. The average Bonchev–Trinajstić information content (AvgIpc) is 3.75. The lowest BCUT2D eigenvalue weighted by atomic mass is 9.33. The highest BCUT2D eigenvalue weighted by molar-refractivity contribution is 7.00. The Kier molecular flexibility index (Phi) is 9.27. The summed E-state index contributed by atoms with van der Waals surface area (Å²) in [4.78, 5) is 5.09. The molecule has 0 saturated carbocycles. The van der Waals surface area contributed by atoms with Crippen molar-refractivity contribution in [1.82, 2.24) is 0 Å². The summed E-state index contributed by atoms with van der Waals surface area (Å²) >= 11 is 0. The van der Waals surface area contributed by atoms with Crippen LogP contribution in [0.4, 0.5) is 34.1 Å². The first-order chi connectivity index (χ1) is 34.0. The number of rotatable bonds is 4. The van der Waals surface area contributed by atoms with E-state index in [9.17, 15) is 0 Å². The van der Waals surface area contributed by atoms with E-state index in [2.05, 4.69) is 267 Å². The summed E-state index contributed by atoms with van der Waals surface area (Å²) in [6.45, 7) is 23.6. The third-order valence-electron chi connectivity index (χ3n) is 16.8. The van der Waals surface area contributed by atoms with Crippen molar-refractivity contribution in [1.29, 1.82) is 0 Å². The normalized spacial score (nSPS) is 15.3. The van der Waals surface area contributed by atoms with Gasteiger partial charge in [-0.3, -0.25) is 0 Å². The van der Waals surface area contributed by atoms with Crippen molar-refractivity contribution in [3.8, 4) is 44.5 Å². The second-order valence-electron chi connectivity index (χ2n) is 23.8. The predicted molar refractivity (Wildman–Crippen MR) is 304 cm³/mol. The summed E-state index contributed by atoms with van der Waals surface area (Å²) in [6.07, 6.45) is 0. The maximum atomic E-state index is 2.55. The van der Waals surface area contributed by atoms with Gasteiger partial charge >= 0.3 is 0 Å². The van der Waals surface area contributed by atoms with Crippen molar-refractivity contribution in [2.75, 3.05) is 9.80 Å². The molecular weight excluding hydrogens is 856 g/mol. The molecule has 2 aliphatic heterocycles. The van der Waals surface area contributed by atoms with Crippen LogP contribution in [-0.4, -0.2) is 6.71 Å². The maximum Gasteiger partial charge on any atom is 0.252 e. The molecule has 2 aliphatic carbocycles. The maximum absolute atomic E-state index is 2.55. The zero-order valence-electron chi connectivity index (χ0n) is 42.9. The second kappa shape index (κ2) is 15.1. The molecule has 71 heavy (non-hydrogen) atoms. The van der Waals surface area contributed by atoms with E-state index in [1.165, 1.54) is 117 Å². The molecule has 0 atom stereocenters. The zero-order chi connectivity index (χ0) is 48.9. The van der Waals surface area contributed by atoms with Crippen LogP contribution >= 0.6 is 0 Å². The molecule has 3 heteroatoms. The number of fused-ring (bicyclic) bond motifs is 10. The Morgan fingerprint density at radius 2 is 0.718 bits per heavy atom. The molecule has 0 bridgehead atoms. The Balaban J connectivity index is 0.977. The van der Waals surface area contributed by atoms with Gasteiger partial charge in [0.2, 0.25) is 0 Å². The molecule has 9 aromatic carbocycles. The highest BCUT2D eigenvalue weighted by atomic mass is 15.2. The summed E-state index contributed by atoms with van der Waals surface area (Å²) in [7, 11) is 0. The van der Waals surface area contributed by atoms with E-state index in [1.807, 2.05) is 0 Å². The van der Waals surface area contributed by atoms with E-state index in [0.29, 0.717) is 0 Å². The number of anilines is 6. The lowest BCUT2D eigenvalue weighted by Gasteiger charge is -2.44. The molecule has 0 unspecified atom stereocenters. The lowest BCUT2D eigenvalue weighted by molar-refractivity contribution is 0.590. The molecule has 13 rings (SSSR count). The van der Waals surface area contributed by atoms with Gasteiger partial charge in [-0.2, -0.15) is 0 Å². The molecule has 0 radical (unpaired) electrons. The number of benzene rings is 9. The fourth-order valence-corrected chi connectivity index (χ4v) is 13.2. The fourth-order valence-electron chi connectivity index (χ4n) is 13.2. The van der Waals surface area contributed by atoms with Gasteiger partial charge in [-0.15, -0.1) is 0 Å². The van der Waals surface area contributed by atoms with Crippen LogP contribution in [-0.2, 0) is 21.7 Å². The summed E-state index contributed by atoms with van der Waals surface area (Å²) in [6, 6.07) is 72.1. The van der Waals surface area contributed by atoms with Gasteiger partial charge in [0, 0.05) is 45.0 Å². The first-order valence-electron chi connectivity index (χ1n) is 25.7. The fraction of sp³-hybridized carbons (Fsp3) is 0.206. The zero-order valence-corrected chi connectivity index (χ0v) is 42.9. The van der Waals surface area contributed by atoms with Gasteiger partial charge in [0.05, 0.1) is 0 Å². The van der Waals surface area contributed by atoms with Gasteiger partial charge in [0.15, 0.2) is 0 Å². The van der Waals surface area contributed by atoms with Crippen molar-refractivity contribution < 1.29 is 0 Å². The van der Waals surface area contributed by atoms with Gasteiger partial charge in [-0.05, 0) is 154 Å². The molecule has 0 spiro atoms. The Morgan fingerprint density at radius 3 is 1.13 bits per heavy atom. The van der Waals surface area contributed by atoms with E-state index < -0.39 is 0 Å². The molecule has 0 fully saturated rings. The third kappa shape index (κ3) is 6.34. The van der Waals surface area contributed by atoms with Crippen LogP contribution in [0.25, 0.3) is 44.5 Å². The highest BCUT2D eigenvalue weighted by Crippen LogP contribution is 2.54. The van der Waals surface area contributed by atoms with Crippen molar-refractivity contribution >= 4 is 57.2 Å². The molecule has 0 N–H and O–H groups in total. The first-order valence-corrected chi connectivity index (χ1v) is 25.7. The van der Waals surface area contributed by atoms with Gasteiger partial charge < -0.3 is 9.80 Å². The average molecular weight is 917 g/mol. The topological polar surface area (TPSA) is 6.48 Å². The molecule has 346 valence electrons. The van der Waals surface area contributed by atoms with Crippen molar-refractivity contribution in [2.24, 2.45) is 0 Å². The molecule has 4 aliphatic rings. The SMILES string of the molecule is CC(C)(C)c1ccc2c(c1)B1c3cc(C(C)(C)C)ccc3N(c3ccc(-c4cccc5c4C(C)(C)c4ccccc4-5)cc3)c3cccc(c31)N2c1ccc(-c2cccc3c2C(C)(C)c2ccccc2-3)cc1. The highest BCUT2D eigenvalue weighted by Gasteiger charge is 2.45. The summed E-state index contributed by atoms with van der Waals surface area (Å²) in [5, 5.41) is 0. The van der Waals surface area contributed by atoms with Crippen LogP contribution in [0, 0.1) is 0 Å². The lowest BCUT2D eigenvalue weighted by Crippen LogP contribution is -2.61. The minimum absolute atomic E-state index is 0.0277. The predicted octanol–water partition coefficient (Wildman–Crippen LogP) is 16.3. The smallest absolute Gasteiger partial charge is 0.252 e. The van der Waals surface area contributed by atoms with E-state index in [-0.39, 0.29) is 28.4 Å². The van der Waals surface area contributed by atoms with E-state index in [0.717, 1.165) is 11.4 Å². The standard InChI is InChI=1S/C68H61BN2/c1-65(2,3)44-32-38-58-56(40-44)69-57-41-45(66(4,5)6)33-39-59(57)71(47-36-30-43(31-37-47)49-21-16-23-53-51-19-12-14-25-55(51)68(9,10)63(49)53)61-27-17-26-60(64(61)69)70(58)46-34-28-42(29-35-46)48-20-15-22-52-50-18-11-13-24-54(50)67(7,8)62(48)52/h11-41H,1-10H3. The largest absolute Gasteiger partial charge is 0.311 e. The van der Waals surface area contributed by atoms with Gasteiger partial charge in [-0.1, -0.05) is 209 Å². The minimum atomic E-state index is -0.101. The van der Waals surface area contributed by atoms with Crippen molar-refractivity contribution in [3.05, 3.63) is 221 Å². The number of hydrogen-bond donors (Lipinski definition) is 0. The van der Waals surface area contributed by atoms with E-state index >= 15 is 0 Å². The molecular formula is C68H61BN2. The molecule has 2 nitrogen and oxygen atoms in total.